The number of rotatable bonds is 5. The molecule has 0 amide bonds. The van der Waals surface area contributed by atoms with Gasteiger partial charge >= 0.3 is 0 Å². The molecule has 154 valence electrons. The van der Waals surface area contributed by atoms with Gasteiger partial charge in [0.05, 0.1) is 27.6 Å². The first-order chi connectivity index (χ1) is 14.2. The highest BCUT2D eigenvalue weighted by atomic mass is 32.1. The van der Waals surface area contributed by atoms with Gasteiger partial charge in [0.1, 0.15) is 11.5 Å². The Bertz CT molecular complexity index is 819. The van der Waals surface area contributed by atoms with Gasteiger partial charge in [-0.05, 0) is 73.6 Å². The number of hydrogen-bond donors (Lipinski definition) is 0. The number of anilines is 2. The minimum absolute atomic E-state index is 0.512. The van der Waals surface area contributed by atoms with E-state index in [1.807, 2.05) is 24.3 Å². The van der Waals surface area contributed by atoms with Crippen molar-refractivity contribution in [2.75, 3.05) is 37.4 Å². The van der Waals surface area contributed by atoms with Crippen LogP contribution in [0.25, 0.3) is 0 Å². The molecular weight excluding hydrogens is 382 g/mol. The third kappa shape index (κ3) is 4.27. The van der Waals surface area contributed by atoms with E-state index in [1.165, 1.54) is 37.8 Å². The quantitative estimate of drug-likeness (QED) is 0.652. The van der Waals surface area contributed by atoms with Gasteiger partial charge in [-0.25, -0.2) is 0 Å². The van der Waals surface area contributed by atoms with E-state index in [-0.39, 0.29) is 0 Å². The van der Waals surface area contributed by atoms with E-state index in [0.717, 1.165) is 35.6 Å². The molecule has 2 fully saturated rings. The normalized spacial score (nSPS) is 18.1. The molecule has 1 saturated carbocycles. The molecule has 1 saturated heterocycles. The minimum Gasteiger partial charge on any atom is -0.497 e. The molecule has 1 aliphatic heterocycles. The highest BCUT2D eigenvalue weighted by Gasteiger charge is 2.33. The van der Waals surface area contributed by atoms with Crippen LogP contribution in [0.15, 0.2) is 48.5 Å². The maximum atomic E-state index is 5.99. The zero-order chi connectivity index (χ0) is 20.2. The number of thiocarbonyl (C=S) groups is 1. The van der Waals surface area contributed by atoms with Crippen LogP contribution in [0.2, 0.25) is 0 Å². The van der Waals surface area contributed by atoms with E-state index in [2.05, 4.69) is 39.0 Å². The molecule has 0 radical (unpaired) electrons. The van der Waals surface area contributed by atoms with E-state index < -0.39 is 0 Å². The van der Waals surface area contributed by atoms with Crippen LogP contribution < -0.4 is 19.3 Å². The van der Waals surface area contributed by atoms with E-state index in [1.54, 1.807) is 14.2 Å². The summed E-state index contributed by atoms with van der Waals surface area (Å²) in [6.45, 7) is 1.54. The van der Waals surface area contributed by atoms with E-state index in [4.69, 9.17) is 21.7 Å². The summed E-state index contributed by atoms with van der Waals surface area (Å²) in [6.07, 6.45) is 6.34. The van der Waals surface area contributed by atoms with Gasteiger partial charge in [-0.3, -0.25) is 0 Å². The Kier molecular flexibility index (Phi) is 6.09. The fourth-order valence-electron chi connectivity index (χ4n) is 4.25. The Morgan fingerprint density at radius 1 is 0.759 bits per heavy atom. The maximum Gasteiger partial charge on any atom is 0.179 e. The van der Waals surface area contributed by atoms with Crippen molar-refractivity contribution in [3.8, 4) is 11.5 Å². The molecule has 0 N–H and O–H groups in total. The fraction of sp³-hybridized carbons (Fsp3) is 0.435. The molecule has 0 aromatic heterocycles. The Morgan fingerprint density at radius 2 is 1.31 bits per heavy atom. The monoisotopic (exact) mass is 411 g/mol. The first-order valence-corrected chi connectivity index (χ1v) is 10.7. The van der Waals surface area contributed by atoms with Crippen LogP contribution in [0, 0.1) is 0 Å². The van der Waals surface area contributed by atoms with E-state index >= 15 is 0 Å². The van der Waals surface area contributed by atoms with Crippen LogP contribution in [0.3, 0.4) is 0 Å². The largest absolute Gasteiger partial charge is 0.497 e. The summed E-state index contributed by atoms with van der Waals surface area (Å²) in [4.78, 5) is 7.04. The zero-order valence-corrected chi connectivity index (χ0v) is 18.0. The van der Waals surface area contributed by atoms with Gasteiger partial charge in [-0.1, -0.05) is 19.3 Å². The van der Waals surface area contributed by atoms with Gasteiger partial charge in [0.2, 0.25) is 0 Å². The summed E-state index contributed by atoms with van der Waals surface area (Å²) < 4.78 is 10.7. The molecule has 0 atom stereocenters. The second kappa shape index (κ2) is 8.91. The average Bonchev–Trinajstić information content (AvgIpc) is 2.80. The number of benzene rings is 2. The smallest absolute Gasteiger partial charge is 0.179 e. The van der Waals surface area contributed by atoms with Crippen molar-refractivity contribution in [2.45, 2.75) is 38.1 Å². The molecule has 2 aliphatic rings. The number of ether oxygens (including phenoxy) is 2. The highest BCUT2D eigenvalue weighted by Crippen LogP contribution is 2.31. The number of methoxy groups -OCH3 is 2. The van der Waals surface area contributed by atoms with Crippen molar-refractivity contribution in [3.63, 3.8) is 0 Å². The molecule has 4 rings (SSSR count). The van der Waals surface area contributed by atoms with Crippen LogP contribution in [-0.2, 0) is 0 Å². The van der Waals surface area contributed by atoms with Crippen molar-refractivity contribution in [1.29, 1.82) is 0 Å². The lowest BCUT2D eigenvalue weighted by Gasteiger charge is -2.49. The van der Waals surface area contributed by atoms with Gasteiger partial charge < -0.3 is 24.2 Å². The highest BCUT2D eigenvalue weighted by molar-refractivity contribution is 7.80. The van der Waals surface area contributed by atoms with E-state index in [9.17, 15) is 0 Å². The molecule has 29 heavy (non-hydrogen) atoms. The van der Waals surface area contributed by atoms with Gasteiger partial charge in [0, 0.05) is 17.4 Å². The Hall–Kier alpha value is -2.47. The number of nitrogens with zero attached hydrogens (tertiary/aromatic N) is 3. The Balaban J connectivity index is 1.63. The summed E-state index contributed by atoms with van der Waals surface area (Å²) in [5.74, 6) is 1.73. The lowest BCUT2D eigenvalue weighted by molar-refractivity contribution is 0.234. The first-order valence-electron chi connectivity index (χ1n) is 10.3. The van der Waals surface area contributed by atoms with Crippen molar-refractivity contribution in [1.82, 2.24) is 4.90 Å². The molecule has 1 aliphatic carbocycles. The topological polar surface area (TPSA) is 28.2 Å². The third-order valence-corrected chi connectivity index (χ3v) is 6.40. The summed E-state index contributed by atoms with van der Waals surface area (Å²) in [7, 11) is 3.39. The zero-order valence-electron chi connectivity index (χ0n) is 17.2. The molecule has 0 spiro atoms. The van der Waals surface area contributed by atoms with Crippen LogP contribution in [0.1, 0.15) is 32.1 Å². The summed E-state index contributed by atoms with van der Waals surface area (Å²) >= 11 is 5.99. The molecular formula is C23H29N3O2S. The maximum absolute atomic E-state index is 5.99. The van der Waals surface area contributed by atoms with Gasteiger partial charge in [0.25, 0.3) is 0 Å². The molecule has 5 nitrogen and oxygen atoms in total. The van der Waals surface area contributed by atoms with Crippen molar-refractivity contribution in [2.24, 2.45) is 0 Å². The molecule has 0 bridgehead atoms. The van der Waals surface area contributed by atoms with Crippen LogP contribution >= 0.6 is 12.2 Å². The summed E-state index contributed by atoms with van der Waals surface area (Å²) in [5.41, 5.74) is 2.27. The minimum atomic E-state index is 0.512. The third-order valence-electron chi connectivity index (χ3n) is 5.95. The molecule has 2 aromatic carbocycles. The second-order valence-electron chi connectivity index (χ2n) is 7.69. The molecule has 1 heterocycles. The molecule has 6 heteroatoms. The van der Waals surface area contributed by atoms with Crippen molar-refractivity contribution in [3.05, 3.63) is 48.5 Å². The van der Waals surface area contributed by atoms with Crippen LogP contribution in [-0.4, -0.2) is 43.6 Å². The fourth-order valence-corrected chi connectivity index (χ4v) is 4.62. The van der Waals surface area contributed by atoms with Gasteiger partial charge in [0.15, 0.2) is 5.11 Å². The van der Waals surface area contributed by atoms with Crippen molar-refractivity contribution < 1.29 is 9.47 Å². The Labute approximate surface area is 178 Å². The van der Waals surface area contributed by atoms with Crippen LogP contribution in [0.4, 0.5) is 11.4 Å². The number of hydrogen-bond acceptors (Lipinski definition) is 4. The van der Waals surface area contributed by atoms with Crippen LogP contribution in [0.5, 0.6) is 11.5 Å². The SMILES string of the molecule is COc1ccc(N2CN(c3ccc(OC)cc3)C(=S)N(C3CCCCC3)C2)cc1. The lowest BCUT2D eigenvalue weighted by Crippen LogP contribution is -2.61. The predicted molar refractivity (Wildman–Crippen MR) is 122 cm³/mol. The second-order valence-corrected chi connectivity index (χ2v) is 8.06. The average molecular weight is 412 g/mol. The summed E-state index contributed by atoms with van der Waals surface area (Å²) in [5, 5.41) is 0.923. The van der Waals surface area contributed by atoms with E-state index in [0.29, 0.717) is 6.04 Å². The van der Waals surface area contributed by atoms with Gasteiger partial charge in [-0.2, -0.15) is 0 Å². The Morgan fingerprint density at radius 3 is 1.86 bits per heavy atom. The molecule has 0 unspecified atom stereocenters. The predicted octanol–water partition coefficient (Wildman–Crippen LogP) is 4.87. The first kappa shape index (κ1) is 19.8. The van der Waals surface area contributed by atoms with Gasteiger partial charge in [-0.15, -0.1) is 0 Å². The van der Waals surface area contributed by atoms with Crippen molar-refractivity contribution >= 4 is 28.7 Å². The molecule has 2 aromatic rings. The standard InChI is InChI=1S/C23H29N3O2S/c1-27-21-12-8-18(9-13-21)24-16-25(19-6-4-3-5-7-19)23(29)26(17-24)20-10-14-22(28-2)15-11-20/h8-15,19H,3-7,16-17H2,1-2H3. The summed E-state index contributed by atoms with van der Waals surface area (Å²) in [6, 6.07) is 17.0. The lowest BCUT2D eigenvalue weighted by atomic mass is 9.94.